The number of hydrogen-bond acceptors (Lipinski definition) is 8. The number of hydrogen-bond donors (Lipinski definition) is 2. The van der Waals surface area contributed by atoms with Crippen LogP contribution < -0.4 is 14.8 Å². The van der Waals surface area contributed by atoms with Crippen LogP contribution in [0.25, 0.3) is 34.3 Å². The number of nitrogens with one attached hydrogen (secondary N) is 2. The second-order valence-corrected chi connectivity index (χ2v) is 7.83. The Kier molecular flexibility index (Phi) is 6.14. The molecule has 0 aliphatic heterocycles. The van der Waals surface area contributed by atoms with Gasteiger partial charge in [-0.3, -0.25) is 15.2 Å². The highest BCUT2D eigenvalue weighted by Crippen LogP contribution is 2.31. The van der Waals surface area contributed by atoms with E-state index in [9.17, 15) is 4.79 Å². The number of rotatable bonds is 7. The Bertz CT molecular complexity index is 1520. The zero-order valence-corrected chi connectivity index (χ0v) is 19.8. The summed E-state index contributed by atoms with van der Waals surface area (Å²) in [7, 11) is 3.13. The molecule has 0 saturated heterocycles. The fraction of sp³-hybridized carbons (Fsp3) is 0.115. The molecule has 10 heteroatoms. The van der Waals surface area contributed by atoms with Crippen LogP contribution in [0.15, 0.2) is 71.1 Å². The van der Waals surface area contributed by atoms with Gasteiger partial charge in [-0.15, -0.1) is 15.3 Å². The number of benzene rings is 3. The third-order valence-corrected chi connectivity index (χ3v) is 5.57. The molecular weight excluding hydrogens is 460 g/mol. The first-order valence-electron chi connectivity index (χ1n) is 11.0. The third kappa shape index (κ3) is 4.51. The topological polar surface area (TPSA) is 128 Å². The van der Waals surface area contributed by atoms with Gasteiger partial charge >= 0.3 is 0 Å². The van der Waals surface area contributed by atoms with E-state index in [4.69, 9.17) is 13.9 Å². The molecule has 5 rings (SSSR count). The molecule has 3 aromatic carbocycles. The van der Waals surface area contributed by atoms with Gasteiger partial charge in [-0.1, -0.05) is 18.2 Å². The van der Waals surface area contributed by atoms with Crippen LogP contribution in [0.5, 0.6) is 11.5 Å². The average Bonchev–Trinajstić information content (AvgIpc) is 3.59. The molecule has 0 bridgehead atoms. The van der Waals surface area contributed by atoms with Gasteiger partial charge in [0.1, 0.15) is 11.5 Å². The lowest BCUT2D eigenvalue weighted by atomic mass is 10.1. The fourth-order valence-electron chi connectivity index (χ4n) is 3.63. The molecule has 0 atom stereocenters. The maximum atomic E-state index is 12.7. The number of methoxy groups -OCH3 is 2. The maximum absolute atomic E-state index is 12.7. The number of carbonyl (C=O) groups is 1. The van der Waals surface area contributed by atoms with Crippen LogP contribution in [0.3, 0.4) is 0 Å². The van der Waals surface area contributed by atoms with Crippen molar-refractivity contribution in [2.45, 2.75) is 6.92 Å². The molecule has 5 aromatic rings. The van der Waals surface area contributed by atoms with Crippen molar-refractivity contribution in [1.82, 2.24) is 25.4 Å². The Morgan fingerprint density at radius 2 is 1.69 bits per heavy atom. The zero-order chi connectivity index (χ0) is 25.1. The lowest BCUT2D eigenvalue weighted by molar-refractivity contribution is 0.102. The minimum atomic E-state index is -0.361. The summed E-state index contributed by atoms with van der Waals surface area (Å²) in [6.45, 7) is 1.98. The molecule has 0 radical (unpaired) electrons. The van der Waals surface area contributed by atoms with E-state index in [0.717, 1.165) is 11.1 Å². The Labute approximate surface area is 206 Å². The van der Waals surface area contributed by atoms with Crippen LogP contribution in [0.2, 0.25) is 0 Å². The molecule has 0 saturated carbocycles. The number of carbonyl (C=O) groups excluding carboxylic acids is 1. The molecular formula is C26H22N6O4. The molecule has 1 amide bonds. The predicted octanol–water partition coefficient (Wildman–Crippen LogP) is 4.77. The van der Waals surface area contributed by atoms with Gasteiger partial charge in [0.25, 0.3) is 5.91 Å². The standard InChI is InChI=1S/C26H22N6O4/c1-15-6-4-5-7-19(15)25-31-30-24(36-25)17-10-8-16(9-11-17)23(33)28-26-27-22(29-32-26)20-13-12-18(34-2)14-21(20)35-3/h4-14H,1-3H3,(H2,27,28,29,32,33). The molecule has 2 aromatic heterocycles. The first-order chi connectivity index (χ1) is 17.6. The molecule has 0 aliphatic rings. The van der Waals surface area contributed by atoms with Crippen molar-refractivity contribution >= 4 is 11.9 Å². The number of nitrogens with zero attached hydrogens (tertiary/aromatic N) is 4. The zero-order valence-electron chi connectivity index (χ0n) is 19.8. The van der Waals surface area contributed by atoms with Crippen LogP contribution >= 0.6 is 0 Å². The van der Waals surface area contributed by atoms with Gasteiger partial charge in [0.05, 0.1) is 19.8 Å². The monoisotopic (exact) mass is 482 g/mol. The number of anilines is 1. The van der Waals surface area contributed by atoms with E-state index >= 15 is 0 Å². The lowest BCUT2D eigenvalue weighted by Crippen LogP contribution is -2.12. The molecule has 0 spiro atoms. The van der Waals surface area contributed by atoms with Gasteiger partial charge in [-0.25, -0.2) is 0 Å². The van der Waals surface area contributed by atoms with Gasteiger partial charge in [-0.2, -0.15) is 4.98 Å². The lowest BCUT2D eigenvalue weighted by Gasteiger charge is -2.07. The number of aryl methyl sites for hydroxylation is 1. The van der Waals surface area contributed by atoms with Crippen LogP contribution in [0.4, 0.5) is 5.95 Å². The SMILES string of the molecule is COc1ccc(-c2nc(NC(=O)c3ccc(-c4nnc(-c5ccccc5C)o4)cc3)n[nH]2)c(OC)c1. The van der Waals surface area contributed by atoms with E-state index in [2.05, 4.69) is 30.7 Å². The first-order valence-corrected chi connectivity index (χ1v) is 11.0. The fourth-order valence-corrected chi connectivity index (χ4v) is 3.63. The Balaban J connectivity index is 1.29. The van der Waals surface area contributed by atoms with Crippen LogP contribution in [-0.4, -0.2) is 45.5 Å². The summed E-state index contributed by atoms with van der Waals surface area (Å²) in [6, 6.07) is 19.9. The number of aromatic amines is 1. The highest BCUT2D eigenvalue weighted by molar-refractivity contribution is 6.03. The Morgan fingerprint density at radius 3 is 2.44 bits per heavy atom. The third-order valence-electron chi connectivity index (χ3n) is 5.57. The number of H-pyrrole nitrogens is 1. The molecule has 0 fully saturated rings. The Hall–Kier alpha value is -4.99. The quantitative estimate of drug-likeness (QED) is 0.340. The molecule has 10 nitrogen and oxygen atoms in total. The summed E-state index contributed by atoms with van der Waals surface area (Å²) in [5, 5.41) is 17.9. The second kappa shape index (κ2) is 9.71. The van der Waals surface area contributed by atoms with Crippen molar-refractivity contribution in [3.63, 3.8) is 0 Å². The average molecular weight is 483 g/mol. The van der Waals surface area contributed by atoms with Gasteiger partial charge in [0.15, 0.2) is 5.82 Å². The van der Waals surface area contributed by atoms with E-state index < -0.39 is 0 Å². The molecule has 2 heterocycles. The van der Waals surface area contributed by atoms with Crippen LogP contribution in [0.1, 0.15) is 15.9 Å². The predicted molar refractivity (Wildman–Crippen MR) is 133 cm³/mol. The number of amides is 1. The second-order valence-electron chi connectivity index (χ2n) is 7.83. The van der Waals surface area contributed by atoms with E-state index in [1.807, 2.05) is 31.2 Å². The Morgan fingerprint density at radius 1 is 0.917 bits per heavy atom. The summed E-state index contributed by atoms with van der Waals surface area (Å²) >= 11 is 0. The molecule has 2 N–H and O–H groups in total. The summed E-state index contributed by atoms with van der Waals surface area (Å²) < 4.78 is 16.5. The molecule has 36 heavy (non-hydrogen) atoms. The van der Waals surface area contributed by atoms with Gasteiger partial charge in [-0.05, 0) is 55.0 Å². The van der Waals surface area contributed by atoms with Crippen molar-refractivity contribution in [3.8, 4) is 45.8 Å². The first kappa shape index (κ1) is 22.8. The summed E-state index contributed by atoms with van der Waals surface area (Å²) in [4.78, 5) is 17.1. The van der Waals surface area contributed by atoms with Crippen LogP contribution in [-0.2, 0) is 0 Å². The van der Waals surface area contributed by atoms with Gasteiger partial charge in [0.2, 0.25) is 17.7 Å². The number of aromatic nitrogens is 5. The normalized spacial score (nSPS) is 10.8. The largest absolute Gasteiger partial charge is 0.497 e. The van der Waals surface area contributed by atoms with Crippen molar-refractivity contribution in [1.29, 1.82) is 0 Å². The molecule has 0 unspecified atom stereocenters. The van der Waals surface area contributed by atoms with E-state index in [0.29, 0.717) is 45.8 Å². The van der Waals surface area contributed by atoms with Gasteiger partial charge < -0.3 is 13.9 Å². The van der Waals surface area contributed by atoms with Gasteiger partial charge in [0, 0.05) is 22.8 Å². The summed E-state index contributed by atoms with van der Waals surface area (Å²) in [5.74, 6) is 2.24. The van der Waals surface area contributed by atoms with Crippen LogP contribution in [0, 0.1) is 6.92 Å². The minimum Gasteiger partial charge on any atom is -0.497 e. The highest BCUT2D eigenvalue weighted by Gasteiger charge is 2.16. The van der Waals surface area contributed by atoms with Crippen molar-refractivity contribution in [2.75, 3.05) is 19.5 Å². The van der Waals surface area contributed by atoms with E-state index in [-0.39, 0.29) is 11.9 Å². The smallest absolute Gasteiger partial charge is 0.258 e. The summed E-state index contributed by atoms with van der Waals surface area (Å²) in [5.41, 5.74) is 3.72. The number of ether oxygens (including phenoxy) is 2. The van der Waals surface area contributed by atoms with Crippen molar-refractivity contribution in [2.24, 2.45) is 0 Å². The van der Waals surface area contributed by atoms with E-state index in [1.54, 1.807) is 56.7 Å². The van der Waals surface area contributed by atoms with Crippen molar-refractivity contribution in [3.05, 3.63) is 77.9 Å². The summed E-state index contributed by atoms with van der Waals surface area (Å²) in [6.07, 6.45) is 0. The highest BCUT2D eigenvalue weighted by atomic mass is 16.5. The van der Waals surface area contributed by atoms with Crippen molar-refractivity contribution < 1.29 is 18.7 Å². The maximum Gasteiger partial charge on any atom is 0.258 e. The molecule has 0 aliphatic carbocycles. The minimum absolute atomic E-state index is 0.136. The molecule has 180 valence electrons. The van der Waals surface area contributed by atoms with E-state index in [1.165, 1.54) is 0 Å².